The van der Waals surface area contributed by atoms with E-state index in [-0.39, 0.29) is 18.2 Å². The van der Waals surface area contributed by atoms with Crippen LogP contribution >= 0.6 is 0 Å². The van der Waals surface area contributed by atoms with Crippen molar-refractivity contribution in [3.05, 3.63) is 47.6 Å². The summed E-state index contributed by atoms with van der Waals surface area (Å²) in [4.78, 5) is 25.0. The van der Waals surface area contributed by atoms with Crippen LogP contribution in [0.2, 0.25) is 0 Å². The Morgan fingerprint density at radius 1 is 1.38 bits per heavy atom. The summed E-state index contributed by atoms with van der Waals surface area (Å²) >= 11 is 0. The molecule has 1 aliphatic heterocycles. The number of ketones is 1. The van der Waals surface area contributed by atoms with Crippen molar-refractivity contribution in [1.29, 1.82) is 0 Å². The first kappa shape index (κ1) is 13.6. The Morgan fingerprint density at radius 2 is 2.24 bits per heavy atom. The highest BCUT2D eigenvalue weighted by Gasteiger charge is 2.29. The zero-order valence-electron chi connectivity index (χ0n) is 12.0. The van der Waals surface area contributed by atoms with Crippen molar-refractivity contribution in [2.45, 2.75) is 19.8 Å². The average molecular weight is 283 g/mol. The second-order valence-corrected chi connectivity index (χ2v) is 5.29. The molecule has 0 bridgehead atoms. The quantitative estimate of drug-likeness (QED) is 0.857. The lowest BCUT2D eigenvalue weighted by Gasteiger charge is -2.14. The van der Waals surface area contributed by atoms with Gasteiger partial charge in [-0.15, -0.1) is 0 Å². The summed E-state index contributed by atoms with van der Waals surface area (Å²) in [6.45, 7) is 2.13. The van der Waals surface area contributed by atoms with Gasteiger partial charge in [0.05, 0.1) is 12.2 Å². The molecular weight excluding hydrogens is 266 g/mol. The van der Waals surface area contributed by atoms with Crippen molar-refractivity contribution in [2.24, 2.45) is 0 Å². The number of hydrogen-bond donors (Lipinski definition) is 0. The third-order valence-corrected chi connectivity index (χ3v) is 3.77. The molecule has 1 aromatic rings. The molecule has 21 heavy (non-hydrogen) atoms. The van der Waals surface area contributed by atoms with E-state index in [1.54, 1.807) is 12.1 Å². The lowest BCUT2D eigenvalue weighted by atomic mass is 10.1. The number of ether oxygens (including phenoxy) is 1. The van der Waals surface area contributed by atoms with E-state index in [4.69, 9.17) is 4.74 Å². The molecule has 0 N–H and O–H groups in total. The summed E-state index contributed by atoms with van der Waals surface area (Å²) in [5, 5.41) is 0. The minimum atomic E-state index is -0.116. The number of fused-ring (bicyclic) bond motifs is 1. The zero-order chi connectivity index (χ0) is 14.8. The number of anilines is 1. The zero-order valence-corrected chi connectivity index (χ0v) is 12.0. The van der Waals surface area contributed by atoms with Crippen molar-refractivity contribution >= 4 is 17.4 Å². The molecule has 3 rings (SSSR count). The van der Waals surface area contributed by atoms with Crippen LogP contribution in [0.5, 0.6) is 5.75 Å². The molecule has 1 aliphatic carbocycles. The van der Waals surface area contributed by atoms with Gasteiger partial charge in [0.25, 0.3) is 0 Å². The number of carbonyl (C=O) groups is 2. The number of nitrogens with zero attached hydrogens (tertiary/aromatic N) is 1. The molecule has 4 nitrogen and oxygen atoms in total. The minimum absolute atomic E-state index is 0.0366. The lowest BCUT2D eigenvalue weighted by Crippen LogP contribution is -2.27. The Labute approximate surface area is 123 Å². The van der Waals surface area contributed by atoms with Crippen molar-refractivity contribution < 1.29 is 14.3 Å². The smallest absolute Gasteiger partial charge is 0.224 e. The Balaban J connectivity index is 1.76. The van der Waals surface area contributed by atoms with Crippen LogP contribution in [0.15, 0.2) is 42.0 Å². The Bertz CT molecular complexity index is 658. The van der Waals surface area contributed by atoms with Gasteiger partial charge in [-0.05, 0) is 36.6 Å². The Hall–Kier alpha value is -2.36. The van der Waals surface area contributed by atoms with Gasteiger partial charge in [0.1, 0.15) is 12.4 Å². The summed E-state index contributed by atoms with van der Waals surface area (Å²) in [5.41, 5.74) is 2.49. The lowest BCUT2D eigenvalue weighted by molar-refractivity contribution is -0.116. The SMILES string of the molecule is CC(=O)N1CC(=O)c2cc(OCC3=CC=CCC3)ccc21. The molecule has 1 aromatic carbocycles. The molecule has 1 heterocycles. The van der Waals surface area contributed by atoms with Crippen molar-refractivity contribution in [3.8, 4) is 5.75 Å². The van der Waals surface area contributed by atoms with Crippen LogP contribution in [0.3, 0.4) is 0 Å². The summed E-state index contributed by atoms with van der Waals surface area (Å²) < 4.78 is 5.76. The normalized spacial score (nSPS) is 16.7. The van der Waals surface area contributed by atoms with Crippen LogP contribution in [0.25, 0.3) is 0 Å². The highest BCUT2D eigenvalue weighted by molar-refractivity contribution is 6.15. The molecule has 0 fully saturated rings. The van der Waals surface area contributed by atoms with Crippen LogP contribution in [0.4, 0.5) is 5.69 Å². The van der Waals surface area contributed by atoms with E-state index in [9.17, 15) is 9.59 Å². The topological polar surface area (TPSA) is 46.6 Å². The van der Waals surface area contributed by atoms with Crippen LogP contribution < -0.4 is 9.64 Å². The van der Waals surface area contributed by atoms with E-state index in [2.05, 4.69) is 12.2 Å². The Kier molecular flexibility index (Phi) is 3.60. The van der Waals surface area contributed by atoms with E-state index in [1.807, 2.05) is 12.1 Å². The first-order chi connectivity index (χ1) is 10.1. The first-order valence-electron chi connectivity index (χ1n) is 7.08. The second kappa shape index (κ2) is 5.56. The molecule has 2 aliphatic rings. The molecule has 0 saturated heterocycles. The predicted molar refractivity (Wildman–Crippen MR) is 80.8 cm³/mol. The minimum Gasteiger partial charge on any atom is -0.489 e. The molecule has 0 atom stereocenters. The molecule has 1 amide bonds. The summed E-state index contributed by atoms with van der Waals surface area (Å²) in [7, 11) is 0. The molecule has 4 heteroatoms. The number of hydrogen-bond acceptors (Lipinski definition) is 3. The third kappa shape index (κ3) is 2.75. The maximum absolute atomic E-state index is 12.0. The van der Waals surface area contributed by atoms with Crippen LogP contribution in [-0.4, -0.2) is 24.8 Å². The number of benzene rings is 1. The van der Waals surface area contributed by atoms with E-state index in [0.29, 0.717) is 23.6 Å². The maximum Gasteiger partial charge on any atom is 0.224 e. The average Bonchev–Trinajstić information content (AvgIpc) is 2.83. The molecule has 0 aromatic heterocycles. The number of carbonyl (C=O) groups excluding carboxylic acids is 2. The highest BCUT2D eigenvalue weighted by atomic mass is 16.5. The molecule has 0 radical (unpaired) electrons. The van der Waals surface area contributed by atoms with E-state index in [1.165, 1.54) is 17.4 Å². The molecule has 108 valence electrons. The first-order valence-corrected chi connectivity index (χ1v) is 7.08. The fraction of sp³-hybridized carbons (Fsp3) is 0.294. The fourth-order valence-corrected chi connectivity index (χ4v) is 2.61. The number of Topliss-reactive ketones (excluding diaryl/α,β-unsaturated/α-hetero) is 1. The standard InChI is InChI=1S/C17H17NO3/c1-12(19)18-10-17(20)15-9-14(7-8-16(15)18)21-11-13-5-3-2-4-6-13/h2-3,5,7-9H,4,6,10-11H2,1H3. The Morgan fingerprint density at radius 3 is 2.95 bits per heavy atom. The van der Waals surface area contributed by atoms with Gasteiger partial charge < -0.3 is 9.64 Å². The van der Waals surface area contributed by atoms with E-state index >= 15 is 0 Å². The largest absolute Gasteiger partial charge is 0.489 e. The molecule has 0 spiro atoms. The number of allylic oxidation sites excluding steroid dienone is 3. The number of rotatable bonds is 3. The summed E-state index contributed by atoms with van der Waals surface area (Å²) in [6.07, 6.45) is 8.30. The van der Waals surface area contributed by atoms with Crippen molar-refractivity contribution in [3.63, 3.8) is 0 Å². The molecule has 0 unspecified atom stereocenters. The van der Waals surface area contributed by atoms with Crippen molar-refractivity contribution in [2.75, 3.05) is 18.1 Å². The summed E-state index contributed by atoms with van der Waals surface area (Å²) in [6, 6.07) is 5.33. The van der Waals surface area contributed by atoms with E-state index in [0.717, 1.165) is 12.8 Å². The monoisotopic (exact) mass is 283 g/mol. The highest BCUT2D eigenvalue weighted by Crippen LogP contribution is 2.31. The van der Waals surface area contributed by atoms with Crippen molar-refractivity contribution in [1.82, 2.24) is 0 Å². The predicted octanol–water partition coefficient (Wildman–Crippen LogP) is 2.89. The van der Waals surface area contributed by atoms with Crippen LogP contribution in [-0.2, 0) is 4.79 Å². The van der Waals surface area contributed by atoms with Gasteiger partial charge in [0.2, 0.25) is 5.91 Å². The van der Waals surface area contributed by atoms with Crippen LogP contribution in [0, 0.1) is 0 Å². The second-order valence-electron chi connectivity index (χ2n) is 5.29. The van der Waals surface area contributed by atoms with Gasteiger partial charge in [-0.2, -0.15) is 0 Å². The molecule has 0 saturated carbocycles. The summed E-state index contributed by atoms with van der Waals surface area (Å²) in [5.74, 6) is 0.517. The van der Waals surface area contributed by atoms with Crippen LogP contribution in [0.1, 0.15) is 30.1 Å². The van der Waals surface area contributed by atoms with Gasteiger partial charge in [-0.25, -0.2) is 0 Å². The van der Waals surface area contributed by atoms with Gasteiger partial charge in [-0.1, -0.05) is 18.2 Å². The van der Waals surface area contributed by atoms with Gasteiger partial charge in [0, 0.05) is 12.5 Å². The third-order valence-electron chi connectivity index (χ3n) is 3.77. The molecular formula is C17H17NO3. The fourth-order valence-electron chi connectivity index (χ4n) is 2.61. The van der Waals surface area contributed by atoms with E-state index < -0.39 is 0 Å². The maximum atomic E-state index is 12.0. The van der Waals surface area contributed by atoms with Gasteiger partial charge in [0.15, 0.2) is 5.78 Å². The number of amides is 1. The van der Waals surface area contributed by atoms with Gasteiger partial charge in [-0.3, -0.25) is 9.59 Å². The van der Waals surface area contributed by atoms with Gasteiger partial charge >= 0.3 is 0 Å².